The zero-order chi connectivity index (χ0) is 10.1. The van der Waals surface area contributed by atoms with Crippen molar-refractivity contribution in [3.63, 3.8) is 0 Å². The standard InChI is InChI=1S/C11H19NO/c1-8(2)11(3,4)10(12-13)9-6-5-7-9/h9,13H,1,5-7H2,2-4H3. The van der Waals surface area contributed by atoms with E-state index in [0.717, 1.165) is 24.1 Å². The van der Waals surface area contributed by atoms with Crippen molar-refractivity contribution < 1.29 is 5.21 Å². The molecule has 1 N–H and O–H groups in total. The maximum absolute atomic E-state index is 8.99. The highest BCUT2D eigenvalue weighted by molar-refractivity contribution is 5.94. The second-order valence-corrected chi connectivity index (χ2v) is 4.52. The SMILES string of the molecule is C=C(C)C(C)(C)C(=NO)C1CCC1. The fourth-order valence-electron chi connectivity index (χ4n) is 1.62. The summed E-state index contributed by atoms with van der Waals surface area (Å²) in [6, 6.07) is 0. The van der Waals surface area contributed by atoms with Gasteiger partial charge in [0.05, 0.1) is 5.71 Å². The van der Waals surface area contributed by atoms with Crippen molar-refractivity contribution in [2.24, 2.45) is 16.5 Å². The van der Waals surface area contributed by atoms with Gasteiger partial charge in [-0.15, -0.1) is 0 Å². The molecule has 1 fully saturated rings. The molecule has 0 heterocycles. The van der Waals surface area contributed by atoms with Gasteiger partial charge in [0, 0.05) is 11.3 Å². The first-order valence-electron chi connectivity index (χ1n) is 4.88. The normalized spacial score (nSPS) is 19.8. The van der Waals surface area contributed by atoms with Gasteiger partial charge in [0.2, 0.25) is 0 Å². The van der Waals surface area contributed by atoms with E-state index in [1.807, 2.05) is 6.92 Å². The highest BCUT2D eigenvalue weighted by atomic mass is 16.4. The first-order valence-corrected chi connectivity index (χ1v) is 4.88. The molecule has 0 spiro atoms. The lowest BCUT2D eigenvalue weighted by atomic mass is 9.69. The number of nitrogens with zero attached hydrogens (tertiary/aromatic N) is 1. The molecule has 0 amide bonds. The highest BCUT2D eigenvalue weighted by Crippen LogP contribution is 2.38. The lowest BCUT2D eigenvalue weighted by Crippen LogP contribution is -2.35. The van der Waals surface area contributed by atoms with E-state index in [1.165, 1.54) is 6.42 Å². The molecule has 0 atom stereocenters. The van der Waals surface area contributed by atoms with Crippen molar-refractivity contribution in [2.45, 2.75) is 40.0 Å². The molecule has 0 aliphatic heterocycles. The van der Waals surface area contributed by atoms with Gasteiger partial charge in [-0.05, 0) is 19.8 Å². The quantitative estimate of drug-likeness (QED) is 0.308. The number of oxime groups is 1. The van der Waals surface area contributed by atoms with Crippen molar-refractivity contribution in [1.82, 2.24) is 0 Å². The summed E-state index contributed by atoms with van der Waals surface area (Å²) in [6.45, 7) is 10.1. The van der Waals surface area contributed by atoms with Crippen LogP contribution in [0.15, 0.2) is 17.3 Å². The van der Waals surface area contributed by atoms with E-state index < -0.39 is 0 Å². The summed E-state index contributed by atoms with van der Waals surface area (Å²) in [5.41, 5.74) is 1.82. The first-order chi connectivity index (χ1) is 6.00. The molecule has 0 bridgehead atoms. The molecular formula is C11H19NO. The monoisotopic (exact) mass is 181 g/mol. The summed E-state index contributed by atoms with van der Waals surface area (Å²) in [4.78, 5) is 0. The Morgan fingerprint density at radius 3 is 2.23 bits per heavy atom. The van der Waals surface area contributed by atoms with Crippen LogP contribution in [0.1, 0.15) is 40.0 Å². The van der Waals surface area contributed by atoms with Gasteiger partial charge in [-0.2, -0.15) is 0 Å². The minimum Gasteiger partial charge on any atom is -0.411 e. The van der Waals surface area contributed by atoms with Crippen LogP contribution in [0.25, 0.3) is 0 Å². The zero-order valence-corrected chi connectivity index (χ0v) is 8.80. The van der Waals surface area contributed by atoms with Gasteiger partial charge < -0.3 is 5.21 Å². The van der Waals surface area contributed by atoms with Crippen molar-refractivity contribution in [1.29, 1.82) is 0 Å². The lowest BCUT2D eigenvalue weighted by molar-refractivity contribution is 0.291. The predicted molar refractivity (Wildman–Crippen MR) is 55.2 cm³/mol. The third-order valence-electron chi connectivity index (χ3n) is 3.31. The van der Waals surface area contributed by atoms with Gasteiger partial charge in [-0.3, -0.25) is 0 Å². The minimum atomic E-state index is -0.153. The van der Waals surface area contributed by atoms with Crippen LogP contribution in [0, 0.1) is 11.3 Å². The van der Waals surface area contributed by atoms with E-state index in [-0.39, 0.29) is 5.41 Å². The van der Waals surface area contributed by atoms with Crippen LogP contribution in [0.4, 0.5) is 0 Å². The van der Waals surface area contributed by atoms with E-state index in [0.29, 0.717) is 5.92 Å². The van der Waals surface area contributed by atoms with E-state index in [1.54, 1.807) is 0 Å². The number of allylic oxidation sites excluding steroid dienone is 1. The van der Waals surface area contributed by atoms with Crippen molar-refractivity contribution in [3.05, 3.63) is 12.2 Å². The second kappa shape index (κ2) is 3.52. The third kappa shape index (κ3) is 1.77. The molecule has 0 unspecified atom stereocenters. The van der Waals surface area contributed by atoms with Crippen LogP contribution < -0.4 is 0 Å². The molecule has 2 nitrogen and oxygen atoms in total. The molecule has 1 aliphatic carbocycles. The molecule has 1 aliphatic rings. The summed E-state index contributed by atoms with van der Waals surface area (Å²) in [5.74, 6) is 0.483. The van der Waals surface area contributed by atoms with Gasteiger partial charge in [-0.1, -0.05) is 37.6 Å². The van der Waals surface area contributed by atoms with Gasteiger partial charge in [0.25, 0.3) is 0 Å². The molecule has 0 aromatic rings. The van der Waals surface area contributed by atoms with Gasteiger partial charge in [0.15, 0.2) is 0 Å². The van der Waals surface area contributed by atoms with E-state index >= 15 is 0 Å². The van der Waals surface area contributed by atoms with Gasteiger partial charge in [-0.25, -0.2) is 0 Å². The summed E-state index contributed by atoms with van der Waals surface area (Å²) in [6.07, 6.45) is 3.59. The van der Waals surface area contributed by atoms with Gasteiger partial charge >= 0.3 is 0 Å². The first kappa shape index (κ1) is 10.3. The van der Waals surface area contributed by atoms with Gasteiger partial charge in [0.1, 0.15) is 0 Å². The van der Waals surface area contributed by atoms with Crippen LogP contribution in [-0.2, 0) is 0 Å². The van der Waals surface area contributed by atoms with E-state index in [9.17, 15) is 0 Å². The van der Waals surface area contributed by atoms with Crippen LogP contribution in [0.5, 0.6) is 0 Å². The summed E-state index contributed by atoms with van der Waals surface area (Å²) < 4.78 is 0. The Bertz CT molecular complexity index is 236. The fourth-order valence-corrected chi connectivity index (χ4v) is 1.62. The lowest BCUT2D eigenvalue weighted by Gasteiger charge is -2.35. The Hall–Kier alpha value is -0.790. The van der Waals surface area contributed by atoms with Crippen LogP contribution >= 0.6 is 0 Å². The zero-order valence-electron chi connectivity index (χ0n) is 8.80. The third-order valence-corrected chi connectivity index (χ3v) is 3.31. The summed E-state index contributed by atoms with van der Waals surface area (Å²) in [7, 11) is 0. The Morgan fingerprint density at radius 1 is 1.46 bits per heavy atom. The molecule has 1 rings (SSSR count). The largest absolute Gasteiger partial charge is 0.411 e. The Kier molecular flexibility index (Phi) is 2.79. The maximum atomic E-state index is 8.99. The van der Waals surface area contributed by atoms with Crippen molar-refractivity contribution in [3.8, 4) is 0 Å². The number of rotatable bonds is 3. The molecule has 74 valence electrons. The maximum Gasteiger partial charge on any atom is 0.0697 e. The van der Waals surface area contributed by atoms with E-state index in [2.05, 4.69) is 25.6 Å². The number of hydrogen-bond acceptors (Lipinski definition) is 2. The molecular weight excluding hydrogens is 162 g/mol. The minimum absolute atomic E-state index is 0.153. The Labute approximate surface area is 80.3 Å². The number of hydrogen-bond donors (Lipinski definition) is 1. The molecule has 0 aromatic carbocycles. The average Bonchev–Trinajstić information content (AvgIpc) is 1.95. The highest BCUT2D eigenvalue weighted by Gasteiger charge is 2.35. The molecule has 0 radical (unpaired) electrons. The smallest absolute Gasteiger partial charge is 0.0697 e. The van der Waals surface area contributed by atoms with Crippen LogP contribution in [-0.4, -0.2) is 10.9 Å². The van der Waals surface area contributed by atoms with Crippen molar-refractivity contribution >= 4 is 5.71 Å². The molecule has 0 saturated heterocycles. The topological polar surface area (TPSA) is 32.6 Å². The fraction of sp³-hybridized carbons (Fsp3) is 0.727. The summed E-state index contributed by atoms with van der Waals surface area (Å²) in [5, 5.41) is 12.5. The average molecular weight is 181 g/mol. The second-order valence-electron chi connectivity index (χ2n) is 4.52. The molecule has 2 heteroatoms. The Morgan fingerprint density at radius 2 is 2.00 bits per heavy atom. The molecule has 1 saturated carbocycles. The van der Waals surface area contributed by atoms with Crippen LogP contribution in [0.3, 0.4) is 0 Å². The van der Waals surface area contributed by atoms with E-state index in [4.69, 9.17) is 5.21 Å². The summed E-state index contributed by atoms with van der Waals surface area (Å²) >= 11 is 0. The van der Waals surface area contributed by atoms with Crippen molar-refractivity contribution in [2.75, 3.05) is 0 Å². The molecule has 0 aromatic heterocycles. The predicted octanol–water partition coefficient (Wildman–Crippen LogP) is 3.22. The van der Waals surface area contributed by atoms with Crippen LogP contribution in [0.2, 0.25) is 0 Å². The molecule has 13 heavy (non-hydrogen) atoms. The Balaban J connectivity index is 2.82.